The second kappa shape index (κ2) is 8.37. The fraction of sp³-hybridized carbons (Fsp3) is 0.526. The molecule has 2 amide bonds. The highest BCUT2D eigenvalue weighted by atomic mass is 16.2. The van der Waals surface area contributed by atoms with Crippen LogP contribution in [0.25, 0.3) is 0 Å². The van der Waals surface area contributed by atoms with Crippen LogP contribution in [0.5, 0.6) is 0 Å². The number of hydrogen-bond acceptors (Lipinski definition) is 6. The lowest BCUT2D eigenvalue weighted by molar-refractivity contribution is -0.148. The summed E-state index contributed by atoms with van der Waals surface area (Å²) in [5.41, 5.74) is 6.67. The van der Waals surface area contributed by atoms with Crippen molar-refractivity contribution in [3.8, 4) is 0 Å². The van der Waals surface area contributed by atoms with Crippen LogP contribution in [-0.2, 0) is 16.1 Å². The molecule has 0 bridgehead atoms. The zero-order valence-corrected chi connectivity index (χ0v) is 16.4. The first-order valence-corrected chi connectivity index (χ1v) is 9.66. The third kappa shape index (κ3) is 3.97. The van der Waals surface area contributed by atoms with Crippen molar-refractivity contribution in [3.05, 3.63) is 29.8 Å². The van der Waals surface area contributed by atoms with Crippen molar-refractivity contribution in [1.29, 1.82) is 0 Å². The Morgan fingerprint density at radius 2 is 1.89 bits per heavy atom. The smallest absolute Gasteiger partial charge is 0.250 e. The number of likely N-dealkylation sites (N-methyl/N-ethyl adjacent to an activating group) is 1. The molecule has 0 radical (unpaired) electrons. The molecular formula is C19H27N7O2. The Morgan fingerprint density at radius 3 is 2.46 bits per heavy atom. The van der Waals surface area contributed by atoms with Gasteiger partial charge in [-0.2, -0.15) is 0 Å². The van der Waals surface area contributed by atoms with Gasteiger partial charge in [-0.3, -0.25) is 9.59 Å². The molecule has 150 valence electrons. The van der Waals surface area contributed by atoms with E-state index in [1.807, 2.05) is 38.1 Å². The number of nitrogens with zero attached hydrogens (tertiary/aromatic N) is 5. The molecule has 28 heavy (non-hydrogen) atoms. The number of nitrogen functional groups attached to an aromatic ring is 1. The van der Waals surface area contributed by atoms with Gasteiger partial charge in [-0.1, -0.05) is 42.1 Å². The molecule has 9 nitrogen and oxygen atoms in total. The summed E-state index contributed by atoms with van der Waals surface area (Å²) in [5, 5.41) is 13.8. The summed E-state index contributed by atoms with van der Waals surface area (Å²) in [6.07, 6.45) is 4.13. The molecule has 0 spiro atoms. The van der Waals surface area contributed by atoms with Gasteiger partial charge in [-0.15, -0.1) is 0 Å². The molecule has 0 atom stereocenters. The third-order valence-corrected chi connectivity index (χ3v) is 5.39. The Balaban J connectivity index is 1.85. The van der Waals surface area contributed by atoms with Crippen LogP contribution in [0.1, 0.15) is 44.6 Å². The lowest BCUT2D eigenvalue weighted by atomic mass is 9.79. The minimum absolute atomic E-state index is 0.0752. The van der Waals surface area contributed by atoms with E-state index in [9.17, 15) is 9.59 Å². The van der Waals surface area contributed by atoms with E-state index >= 15 is 0 Å². The Labute approximate surface area is 164 Å². The molecule has 1 heterocycles. The van der Waals surface area contributed by atoms with Crippen molar-refractivity contribution in [3.63, 3.8) is 0 Å². The van der Waals surface area contributed by atoms with Crippen molar-refractivity contribution >= 4 is 23.5 Å². The molecule has 1 saturated carbocycles. The molecule has 9 heteroatoms. The number of aromatic nitrogens is 4. The maximum atomic E-state index is 13.4. The van der Waals surface area contributed by atoms with Gasteiger partial charge in [0.25, 0.3) is 0 Å². The summed E-state index contributed by atoms with van der Waals surface area (Å²) in [7, 11) is 0. The predicted octanol–water partition coefficient (Wildman–Crippen LogP) is 1.75. The molecule has 2 aromatic rings. The maximum absolute atomic E-state index is 13.4. The highest BCUT2D eigenvalue weighted by Crippen LogP contribution is 2.35. The summed E-state index contributed by atoms with van der Waals surface area (Å²) in [6, 6.07) is 7.66. The van der Waals surface area contributed by atoms with E-state index in [1.165, 1.54) is 4.68 Å². The first-order chi connectivity index (χ1) is 13.5. The average Bonchev–Trinajstić information content (AvgIpc) is 3.09. The van der Waals surface area contributed by atoms with E-state index < -0.39 is 5.54 Å². The van der Waals surface area contributed by atoms with E-state index in [2.05, 4.69) is 20.8 Å². The molecule has 0 saturated heterocycles. The zero-order valence-electron chi connectivity index (χ0n) is 16.4. The van der Waals surface area contributed by atoms with Gasteiger partial charge in [0.2, 0.25) is 17.8 Å². The van der Waals surface area contributed by atoms with Crippen molar-refractivity contribution in [1.82, 2.24) is 25.1 Å². The van der Waals surface area contributed by atoms with Crippen LogP contribution in [0.15, 0.2) is 24.3 Å². The van der Waals surface area contributed by atoms with Crippen LogP contribution in [0.4, 0.5) is 11.6 Å². The van der Waals surface area contributed by atoms with E-state index in [0.29, 0.717) is 19.4 Å². The highest BCUT2D eigenvalue weighted by Gasteiger charge is 2.46. The standard InChI is InChI=1S/C19H27N7O2/c1-3-25(16(27)13-26-18(20)22-23-24-26)19(11-5-4-6-12-19)17(28)21-15-9-7-14(2)8-10-15/h7-10H,3-6,11-13H2,1-2H3,(H,21,28)(H2,20,22,24). The summed E-state index contributed by atoms with van der Waals surface area (Å²) in [6.45, 7) is 4.21. The summed E-state index contributed by atoms with van der Waals surface area (Å²) in [4.78, 5) is 28.1. The van der Waals surface area contributed by atoms with Crippen molar-refractivity contribution < 1.29 is 9.59 Å². The lowest BCUT2D eigenvalue weighted by Gasteiger charge is -2.44. The summed E-state index contributed by atoms with van der Waals surface area (Å²) in [5.74, 6) is -0.287. The molecule has 1 fully saturated rings. The van der Waals surface area contributed by atoms with Crippen LogP contribution in [0.2, 0.25) is 0 Å². The van der Waals surface area contributed by atoms with Gasteiger partial charge in [0.15, 0.2) is 0 Å². The minimum atomic E-state index is -0.877. The first kappa shape index (κ1) is 19.8. The van der Waals surface area contributed by atoms with Gasteiger partial charge in [-0.05, 0) is 49.2 Å². The van der Waals surface area contributed by atoms with Crippen LogP contribution < -0.4 is 11.1 Å². The van der Waals surface area contributed by atoms with E-state index in [0.717, 1.165) is 30.5 Å². The number of benzene rings is 1. The normalized spacial score (nSPS) is 15.8. The number of amides is 2. The Bertz CT molecular complexity index is 825. The summed E-state index contributed by atoms with van der Waals surface area (Å²) >= 11 is 0. The number of nitrogens with one attached hydrogen (secondary N) is 1. The van der Waals surface area contributed by atoms with Gasteiger partial charge >= 0.3 is 0 Å². The van der Waals surface area contributed by atoms with Crippen molar-refractivity contribution in [2.75, 3.05) is 17.6 Å². The number of rotatable bonds is 6. The van der Waals surface area contributed by atoms with Gasteiger partial charge in [-0.25, -0.2) is 4.68 Å². The van der Waals surface area contributed by atoms with Gasteiger partial charge in [0.1, 0.15) is 12.1 Å². The van der Waals surface area contributed by atoms with Gasteiger partial charge in [0.05, 0.1) is 0 Å². The van der Waals surface area contributed by atoms with Crippen LogP contribution in [-0.4, -0.2) is 49.0 Å². The number of tetrazole rings is 1. The lowest BCUT2D eigenvalue weighted by Crippen LogP contribution is -2.60. The number of carbonyl (C=O) groups excluding carboxylic acids is 2. The molecular weight excluding hydrogens is 358 g/mol. The number of hydrogen-bond donors (Lipinski definition) is 2. The van der Waals surface area contributed by atoms with E-state index in [1.54, 1.807) is 4.90 Å². The predicted molar refractivity (Wildman–Crippen MR) is 105 cm³/mol. The molecule has 0 unspecified atom stereocenters. The van der Waals surface area contributed by atoms with Crippen LogP contribution in [0.3, 0.4) is 0 Å². The molecule has 3 rings (SSSR count). The minimum Gasteiger partial charge on any atom is -0.367 e. The highest BCUT2D eigenvalue weighted by molar-refractivity contribution is 6.00. The van der Waals surface area contributed by atoms with Crippen molar-refractivity contribution in [2.45, 2.75) is 58.0 Å². The SMILES string of the molecule is CCN(C(=O)Cn1nnnc1N)C1(C(=O)Nc2ccc(C)cc2)CCCCC1. The second-order valence-corrected chi connectivity index (χ2v) is 7.25. The second-order valence-electron chi connectivity index (χ2n) is 7.25. The average molecular weight is 385 g/mol. The van der Waals surface area contributed by atoms with Gasteiger partial charge in [0, 0.05) is 12.2 Å². The molecule has 1 aliphatic carbocycles. The van der Waals surface area contributed by atoms with E-state index in [-0.39, 0.29) is 24.3 Å². The first-order valence-electron chi connectivity index (χ1n) is 9.66. The Hall–Kier alpha value is -2.97. The molecule has 1 aromatic heterocycles. The molecule has 1 aromatic carbocycles. The quantitative estimate of drug-likeness (QED) is 0.782. The largest absolute Gasteiger partial charge is 0.367 e. The topological polar surface area (TPSA) is 119 Å². The number of nitrogens with two attached hydrogens (primary N) is 1. The number of aryl methyl sites for hydroxylation is 1. The van der Waals surface area contributed by atoms with Crippen LogP contribution >= 0.6 is 0 Å². The third-order valence-electron chi connectivity index (χ3n) is 5.39. The molecule has 0 aliphatic heterocycles. The molecule has 1 aliphatic rings. The Kier molecular flexibility index (Phi) is 5.91. The zero-order chi connectivity index (χ0) is 20.1. The molecule has 3 N–H and O–H groups in total. The maximum Gasteiger partial charge on any atom is 0.250 e. The van der Waals surface area contributed by atoms with E-state index in [4.69, 9.17) is 5.73 Å². The monoisotopic (exact) mass is 385 g/mol. The fourth-order valence-electron chi connectivity index (χ4n) is 3.90. The summed E-state index contributed by atoms with van der Waals surface area (Å²) < 4.78 is 1.25. The van der Waals surface area contributed by atoms with Crippen molar-refractivity contribution in [2.24, 2.45) is 0 Å². The van der Waals surface area contributed by atoms with Gasteiger partial charge < -0.3 is 16.0 Å². The fourth-order valence-corrected chi connectivity index (χ4v) is 3.90. The number of carbonyl (C=O) groups is 2. The van der Waals surface area contributed by atoms with Crippen LogP contribution in [0, 0.1) is 6.92 Å². The Morgan fingerprint density at radius 1 is 1.21 bits per heavy atom. The number of anilines is 2.